The molecule has 3 rings (SSSR count). The highest BCUT2D eigenvalue weighted by atomic mass is 16.4. The third-order valence-electron chi connectivity index (χ3n) is 5.22. The molecule has 176 valence electrons. The van der Waals surface area contributed by atoms with Crippen LogP contribution >= 0.6 is 0 Å². The van der Waals surface area contributed by atoms with Crippen LogP contribution in [-0.2, 0) is 13.1 Å². The molecule has 8 nitrogen and oxygen atoms in total. The molecule has 0 unspecified atom stereocenters. The van der Waals surface area contributed by atoms with E-state index < -0.39 is 6.09 Å². The smallest absolute Gasteiger partial charge is 0.408 e. The molecule has 0 spiro atoms. The molecule has 1 heterocycles. The van der Waals surface area contributed by atoms with Gasteiger partial charge in [0.1, 0.15) is 5.82 Å². The molecule has 0 atom stereocenters. The Morgan fingerprint density at radius 2 is 1.91 bits per heavy atom. The van der Waals surface area contributed by atoms with E-state index in [9.17, 15) is 14.7 Å². The van der Waals surface area contributed by atoms with E-state index in [-0.39, 0.29) is 19.1 Å². The summed E-state index contributed by atoms with van der Waals surface area (Å²) >= 11 is 0. The molecular formula is C26H29N5O3. The molecule has 0 aliphatic heterocycles. The minimum absolute atomic E-state index is 0.0184. The molecule has 3 aromatic rings. The summed E-state index contributed by atoms with van der Waals surface area (Å²) in [5, 5.41) is 16.6. The lowest BCUT2D eigenvalue weighted by molar-refractivity contribution is 0.149. The van der Waals surface area contributed by atoms with E-state index in [4.69, 9.17) is 6.42 Å². The van der Waals surface area contributed by atoms with E-state index in [2.05, 4.69) is 38.6 Å². The third kappa shape index (κ3) is 6.03. The van der Waals surface area contributed by atoms with Crippen LogP contribution in [0.3, 0.4) is 0 Å². The van der Waals surface area contributed by atoms with Gasteiger partial charge >= 0.3 is 12.1 Å². The highest BCUT2D eigenvalue weighted by molar-refractivity contribution is 6.01. The van der Waals surface area contributed by atoms with Crippen LogP contribution in [0.25, 0.3) is 21.9 Å². The van der Waals surface area contributed by atoms with Crippen molar-refractivity contribution in [2.45, 2.75) is 20.0 Å². The zero-order chi connectivity index (χ0) is 24.7. The van der Waals surface area contributed by atoms with Gasteiger partial charge in [-0.15, -0.1) is 6.42 Å². The lowest BCUT2D eigenvalue weighted by Crippen LogP contribution is -2.29. The predicted molar refractivity (Wildman–Crippen MR) is 135 cm³/mol. The van der Waals surface area contributed by atoms with Crippen LogP contribution in [0.15, 0.2) is 48.7 Å². The second-order valence-corrected chi connectivity index (χ2v) is 8.15. The molecule has 0 bridgehead atoms. The molecule has 8 heteroatoms. The second-order valence-electron chi connectivity index (χ2n) is 8.15. The maximum absolute atomic E-state index is 12.1. The minimum atomic E-state index is -1.09. The van der Waals surface area contributed by atoms with E-state index in [0.29, 0.717) is 12.4 Å². The van der Waals surface area contributed by atoms with Crippen LogP contribution in [0, 0.1) is 12.3 Å². The van der Waals surface area contributed by atoms with Gasteiger partial charge in [0.05, 0.1) is 13.1 Å². The van der Waals surface area contributed by atoms with Crippen LogP contribution < -0.4 is 10.6 Å². The summed E-state index contributed by atoms with van der Waals surface area (Å²) in [6.07, 6.45) is 5.93. The third-order valence-corrected chi connectivity index (χ3v) is 5.22. The zero-order valence-electron chi connectivity index (χ0n) is 19.6. The number of carbonyl (C=O) groups excluding carboxylic acids is 1. The van der Waals surface area contributed by atoms with Crippen molar-refractivity contribution < 1.29 is 14.7 Å². The first-order chi connectivity index (χ1) is 16.3. The largest absolute Gasteiger partial charge is 0.465 e. The molecule has 3 N–H and O–H groups in total. The number of amides is 3. The lowest BCUT2D eigenvalue weighted by atomic mass is 9.94. The first-order valence-corrected chi connectivity index (χ1v) is 10.9. The van der Waals surface area contributed by atoms with Crippen molar-refractivity contribution in [3.63, 3.8) is 0 Å². The molecule has 0 saturated carbocycles. The van der Waals surface area contributed by atoms with Gasteiger partial charge < -0.3 is 15.3 Å². The first-order valence-electron chi connectivity index (χ1n) is 10.9. The number of hydrogen-bond donors (Lipinski definition) is 3. The maximum atomic E-state index is 12.1. The van der Waals surface area contributed by atoms with E-state index in [1.807, 2.05) is 51.4 Å². The molecular weight excluding hydrogens is 430 g/mol. The van der Waals surface area contributed by atoms with Crippen molar-refractivity contribution in [3.05, 3.63) is 59.8 Å². The van der Waals surface area contributed by atoms with Crippen LogP contribution in [0.4, 0.5) is 15.4 Å². The number of carboxylic acid groups (broad SMARTS) is 1. The highest BCUT2D eigenvalue weighted by Gasteiger charge is 2.16. The fraction of sp³-hybridized carbons (Fsp3) is 0.269. The fourth-order valence-corrected chi connectivity index (χ4v) is 3.79. The van der Waals surface area contributed by atoms with Gasteiger partial charge in [0.2, 0.25) is 0 Å². The van der Waals surface area contributed by atoms with Crippen molar-refractivity contribution in [1.82, 2.24) is 20.1 Å². The lowest BCUT2D eigenvalue weighted by Gasteiger charge is -2.19. The quantitative estimate of drug-likeness (QED) is 0.438. The monoisotopic (exact) mass is 459 g/mol. The average Bonchev–Trinajstić information content (AvgIpc) is 2.78. The maximum Gasteiger partial charge on any atom is 0.408 e. The molecule has 0 radical (unpaired) electrons. The van der Waals surface area contributed by atoms with E-state index in [1.54, 1.807) is 6.20 Å². The molecule has 0 aliphatic carbocycles. The van der Waals surface area contributed by atoms with E-state index in [0.717, 1.165) is 34.0 Å². The number of anilines is 1. The Morgan fingerprint density at radius 1 is 1.12 bits per heavy atom. The summed E-state index contributed by atoms with van der Waals surface area (Å²) in [5.74, 6) is 2.79. The Bertz CT molecular complexity index is 1230. The van der Waals surface area contributed by atoms with Gasteiger partial charge in [-0.05, 0) is 60.8 Å². The standard InChI is InChI=1S/C26H29N5O3/c1-5-12-31(26(33)34)17-20-10-11-21(19-9-7-8-18(13-19)16-30(3)4)22-14-24(28-15-23(20)22)29-25(32)27-6-2/h1,7-11,13-15H,6,12,16-17H2,2-4H3,(H,33,34)(H2,27,28,29,32). The van der Waals surface area contributed by atoms with Gasteiger partial charge in [-0.2, -0.15) is 0 Å². The normalized spacial score (nSPS) is 10.7. The molecule has 1 aromatic heterocycles. The number of hydrogen-bond acceptors (Lipinski definition) is 4. The summed E-state index contributed by atoms with van der Waals surface area (Å²) < 4.78 is 0. The second kappa shape index (κ2) is 11.2. The molecule has 3 amide bonds. The Morgan fingerprint density at radius 3 is 2.59 bits per heavy atom. The number of nitrogens with zero attached hydrogens (tertiary/aromatic N) is 3. The SMILES string of the molecule is C#CCN(Cc1ccc(-c2cccc(CN(C)C)c2)c2cc(NC(=O)NCC)ncc12)C(=O)O. The number of urea groups is 1. The fourth-order valence-electron chi connectivity index (χ4n) is 3.79. The Balaban J connectivity index is 2.13. The summed E-state index contributed by atoms with van der Waals surface area (Å²) in [6.45, 7) is 3.24. The van der Waals surface area contributed by atoms with Crippen LogP contribution in [0.5, 0.6) is 0 Å². The summed E-state index contributed by atoms with van der Waals surface area (Å²) in [4.78, 5) is 31.4. The van der Waals surface area contributed by atoms with Crippen molar-refractivity contribution in [1.29, 1.82) is 0 Å². The molecule has 2 aromatic carbocycles. The van der Waals surface area contributed by atoms with Gasteiger partial charge in [-0.3, -0.25) is 10.2 Å². The zero-order valence-corrected chi connectivity index (χ0v) is 19.6. The highest BCUT2D eigenvalue weighted by Crippen LogP contribution is 2.33. The Hall–Kier alpha value is -4.09. The molecule has 0 fully saturated rings. The van der Waals surface area contributed by atoms with Crippen molar-refractivity contribution in [3.8, 4) is 23.5 Å². The van der Waals surface area contributed by atoms with Crippen molar-refractivity contribution >= 4 is 28.7 Å². The van der Waals surface area contributed by atoms with E-state index >= 15 is 0 Å². The van der Waals surface area contributed by atoms with Crippen LogP contribution in [0.2, 0.25) is 0 Å². The summed E-state index contributed by atoms with van der Waals surface area (Å²) in [5.41, 5.74) is 3.92. The van der Waals surface area contributed by atoms with Gasteiger partial charge in [0.25, 0.3) is 0 Å². The minimum Gasteiger partial charge on any atom is -0.465 e. The van der Waals surface area contributed by atoms with Crippen LogP contribution in [-0.4, -0.2) is 59.2 Å². The van der Waals surface area contributed by atoms with Crippen molar-refractivity contribution in [2.24, 2.45) is 0 Å². The van der Waals surface area contributed by atoms with Crippen LogP contribution in [0.1, 0.15) is 18.1 Å². The number of benzene rings is 2. The molecule has 0 aliphatic rings. The summed E-state index contributed by atoms with van der Waals surface area (Å²) in [6, 6.07) is 13.6. The summed E-state index contributed by atoms with van der Waals surface area (Å²) in [7, 11) is 4.04. The van der Waals surface area contributed by atoms with Gasteiger partial charge in [-0.25, -0.2) is 14.6 Å². The number of pyridine rings is 1. The number of rotatable bonds is 8. The number of terminal acetylenes is 1. The number of fused-ring (bicyclic) bond motifs is 1. The average molecular weight is 460 g/mol. The number of nitrogens with one attached hydrogen (secondary N) is 2. The molecule has 0 saturated heterocycles. The number of carbonyl (C=O) groups is 2. The Labute approximate surface area is 199 Å². The first kappa shape index (κ1) is 24.6. The van der Waals surface area contributed by atoms with Gasteiger partial charge in [0, 0.05) is 24.7 Å². The topological polar surface area (TPSA) is 97.8 Å². The molecule has 34 heavy (non-hydrogen) atoms. The van der Waals surface area contributed by atoms with Gasteiger partial charge in [0.15, 0.2) is 0 Å². The Kier molecular flexibility index (Phi) is 8.06. The predicted octanol–water partition coefficient (Wildman–Crippen LogP) is 4.22. The number of aromatic nitrogens is 1. The van der Waals surface area contributed by atoms with Crippen molar-refractivity contribution in [2.75, 3.05) is 32.5 Å². The van der Waals surface area contributed by atoms with E-state index in [1.165, 1.54) is 10.5 Å². The van der Waals surface area contributed by atoms with Gasteiger partial charge in [-0.1, -0.05) is 36.3 Å².